The molecule has 0 heterocycles. The molecular formula is C11H19N. The summed E-state index contributed by atoms with van der Waals surface area (Å²) in [6.45, 7) is 12.0. The number of rotatable bonds is 3. The molecule has 68 valence electrons. The van der Waals surface area contributed by atoms with Crippen LogP contribution in [0.3, 0.4) is 0 Å². The van der Waals surface area contributed by atoms with Crippen molar-refractivity contribution in [3.8, 4) is 0 Å². The van der Waals surface area contributed by atoms with Gasteiger partial charge in [0.15, 0.2) is 0 Å². The molecule has 2 N–H and O–H groups in total. The molecule has 0 atom stereocenters. The predicted molar refractivity (Wildman–Crippen MR) is 55.7 cm³/mol. The monoisotopic (exact) mass is 165 g/mol. The summed E-state index contributed by atoms with van der Waals surface area (Å²) in [6, 6.07) is 0. The lowest BCUT2D eigenvalue weighted by molar-refractivity contribution is 0.790. The molecule has 0 saturated heterocycles. The molecule has 0 saturated carbocycles. The molecule has 0 aliphatic rings. The maximum absolute atomic E-state index is 5.79. The number of allylic oxidation sites excluding steroid dienone is 4. The third kappa shape index (κ3) is 3.42. The third-order valence-corrected chi connectivity index (χ3v) is 1.80. The Morgan fingerprint density at radius 3 is 2.08 bits per heavy atom. The summed E-state index contributed by atoms with van der Waals surface area (Å²) in [5.74, 6) is 0.486. The average molecular weight is 165 g/mol. The fourth-order valence-electron chi connectivity index (χ4n) is 0.785. The van der Waals surface area contributed by atoms with E-state index in [1.165, 1.54) is 5.57 Å². The van der Waals surface area contributed by atoms with E-state index in [2.05, 4.69) is 20.4 Å². The van der Waals surface area contributed by atoms with Crippen LogP contribution in [0.5, 0.6) is 0 Å². The Morgan fingerprint density at radius 2 is 1.83 bits per heavy atom. The second kappa shape index (κ2) is 4.81. The van der Waals surface area contributed by atoms with Gasteiger partial charge in [-0.15, -0.1) is 0 Å². The molecule has 0 aromatic heterocycles. The van der Waals surface area contributed by atoms with Gasteiger partial charge in [-0.1, -0.05) is 32.1 Å². The molecular weight excluding hydrogens is 146 g/mol. The molecule has 12 heavy (non-hydrogen) atoms. The first-order chi connectivity index (χ1) is 5.49. The van der Waals surface area contributed by atoms with Crippen molar-refractivity contribution in [2.24, 2.45) is 11.7 Å². The van der Waals surface area contributed by atoms with E-state index in [-0.39, 0.29) is 0 Å². The van der Waals surface area contributed by atoms with E-state index < -0.39 is 0 Å². The number of hydrogen-bond acceptors (Lipinski definition) is 1. The molecule has 1 heteroatoms. The van der Waals surface area contributed by atoms with Crippen molar-refractivity contribution in [1.82, 2.24) is 0 Å². The highest BCUT2D eigenvalue weighted by Gasteiger charge is 1.98. The topological polar surface area (TPSA) is 26.0 Å². The van der Waals surface area contributed by atoms with Crippen LogP contribution in [-0.2, 0) is 0 Å². The highest BCUT2D eigenvalue weighted by Crippen LogP contribution is 2.12. The molecule has 0 aromatic rings. The Morgan fingerprint density at radius 1 is 1.33 bits per heavy atom. The van der Waals surface area contributed by atoms with E-state index in [9.17, 15) is 0 Å². The molecule has 0 aliphatic heterocycles. The lowest BCUT2D eigenvalue weighted by Crippen LogP contribution is -1.99. The Kier molecular flexibility index (Phi) is 4.42. The molecule has 0 spiro atoms. The van der Waals surface area contributed by atoms with Gasteiger partial charge >= 0.3 is 0 Å². The van der Waals surface area contributed by atoms with Gasteiger partial charge in [0.2, 0.25) is 0 Å². The summed E-state index contributed by atoms with van der Waals surface area (Å²) in [4.78, 5) is 0. The van der Waals surface area contributed by atoms with Crippen molar-refractivity contribution in [3.05, 3.63) is 35.6 Å². The van der Waals surface area contributed by atoms with Crippen LogP contribution in [0, 0.1) is 5.92 Å². The van der Waals surface area contributed by atoms with Crippen LogP contribution in [0.25, 0.3) is 0 Å². The lowest BCUT2D eigenvalue weighted by Gasteiger charge is -2.06. The van der Waals surface area contributed by atoms with Crippen molar-refractivity contribution in [3.63, 3.8) is 0 Å². The van der Waals surface area contributed by atoms with Gasteiger partial charge in [-0.25, -0.2) is 0 Å². The van der Waals surface area contributed by atoms with E-state index in [1.807, 2.05) is 26.0 Å². The molecule has 0 fully saturated rings. The van der Waals surface area contributed by atoms with E-state index in [0.717, 1.165) is 11.3 Å². The highest BCUT2D eigenvalue weighted by molar-refractivity contribution is 5.30. The van der Waals surface area contributed by atoms with Gasteiger partial charge in [-0.2, -0.15) is 0 Å². The zero-order chi connectivity index (χ0) is 9.72. The maximum atomic E-state index is 5.79. The molecule has 0 radical (unpaired) electrons. The van der Waals surface area contributed by atoms with Crippen LogP contribution in [-0.4, -0.2) is 0 Å². The first-order valence-corrected chi connectivity index (χ1v) is 4.26. The van der Waals surface area contributed by atoms with Crippen LogP contribution >= 0.6 is 0 Å². The van der Waals surface area contributed by atoms with Gasteiger partial charge in [0, 0.05) is 5.70 Å². The van der Waals surface area contributed by atoms with Crippen LogP contribution in [0.15, 0.2) is 35.6 Å². The Balaban J connectivity index is 4.73. The summed E-state index contributed by atoms with van der Waals surface area (Å²) in [6.07, 6.45) is 3.85. The second-order valence-electron chi connectivity index (χ2n) is 3.46. The molecule has 0 aromatic carbocycles. The van der Waals surface area contributed by atoms with Crippen molar-refractivity contribution in [1.29, 1.82) is 0 Å². The fourth-order valence-corrected chi connectivity index (χ4v) is 0.785. The quantitative estimate of drug-likeness (QED) is 0.639. The van der Waals surface area contributed by atoms with Crippen LogP contribution in [0.1, 0.15) is 27.7 Å². The van der Waals surface area contributed by atoms with Gasteiger partial charge in [0.25, 0.3) is 0 Å². The molecule has 1 nitrogen and oxygen atoms in total. The van der Waals surface area contributed by atoms with E-state index in [0.29, 0.717) is 5.92 Å². The van der Waals surface area contributed by atoms with Gasteiger partial charge in [-0.3, -0.25) is 0 Å². The van der Waals surface area contributed by atoms with Gasteiger partial charge in [-0.05, 0) is 31.4 Å². The Labute approximate surface area is 75.7 Å². The van der Waals surface area contributed by atoms with Crippen molar-refractivity contribution < 1.29 is 0 Å². The largest absolute Gasteiger partial charge is 0.399 e. The summed E-state index contributed by atoms with van der Waals surface area (Å²) in [5.41, 5.74) is 8.97. The zero-order valence-electron chi connectivity index (χ0n) is 8.52. The van der Waals surface area contributed by atoms with Gasteiger partial charge in [0.05, 0.1) is 0 Å². The minimum Gasteiger partial charge on any atom is -0.399 e. The standard InChI is InChI=1S/C11H19N/c1-6-10(8(2)3)7-11(12)9(4)5/h6-8H,1,12H2,2-5H3/b10-7+. The lowest BCUT2D eigenvalue weighted by atomic mass is 10.0. The molecule has 0 amide bonds. The molecule has 0 bridgehead atoms. The van der Waals surface area contributed by atoms with Gasteiger partial charge in [0.1, 0.15) is 0 Å². The van der Waals surface area contributed by atoms with Gasteiger partial charge < -0.3 is 5.73 Å². The van der Waals surface area contributed by atoms with Crippen LogP contribution in [0.4, 0.5) is 0 Å². The Bertz CT molecular complexity index is 215. The minimum atomic E-state index is 0.486. The molecule has 0 rings (SSSR count). The average Bonchev–Trinajstić information content (AvgIpc) is 1.98. The summed E-state index contributed by atoms with van der Waals surface area (Å²) in [7, 11) is 0. The first kappa shape index (κ1) is 11.0. The summed E-state index contributed by atoms with van der Waals surface area (Å²) in [5, 5.41) is 0. The minimum absolute atomic E-state index is 0.486. The highest BCUT2D eigenvalue weighted by atomic mass is 14.6. The van der Waals surface area contributed by atoms with Crippen LogP contribution < -0.4 is 5.73 Å². The normalized spacial score (nSPS) is 11.6. The SMILES string of the molecule is C=C/C(=C\C(N)=C(C)C)C(C)C. The third-order valence-electron chi connectivity index (χ3n) is 1.80. The fraction of sp³-hybridized carbons (Fsp3) is 0.455. The van der Waals surface area contributed by atoms with Crippen molar-refractivity contribution in [2.45, 2.75) is 27.7 Å². The summed E-state index contributed by atoms with van der Waals surface area (Å²) >= 11 is 0. The van der Waals surface area contributed by atoms with E-state index in [1.54, 1.807) is 0 Å². The van der Waals surface area contributed by atoms with Crippen LogP contribution in [0.2, 0.25) is 0 Å². The molecule has 0 aliphatic carbocycles. The summed E-state index contributed by atoms with van der Waals surface area (Å²) < 4.78 is 0. The predicted octanol–water partition coefficient (Wildman–Crippen LogP) is 3.01. The zero-order valence-corrected chi connectivity index (χ0v) is 8.52. The van der Waals surface area contributed by atoms with E-state index in [4.69, 9.17) is 5.73 Å². The van der Waals surface area contributed by atoms with Crippen molar-refractivity contribution in [2.75, 3.05) is 0 Å². The van der Waals surface area contributed by atoms with E-state index >= 15 is 0 Å². The first-order valence-electron chi connectivity index (χ1n) is 4.26. The Hall–Kier alpha value is -0.980. The number of nitrogens with two attached hydrogens (primary N) is 1. The second-order valence-corrected chi connectivity index (χ2v) is 3.46. The smallest absolute Gasteiger partial charge is 0.0303 e. The maximum Gasteiger partial charge on any atom is 0.0303 e. The number of hydrogen-bond donors (Lipinski definition) is 1. The van der Waals surface area contributed by atoms with Crippen molar-refractivity contribution >= 4 is 0 Å². The molecule has 0 unspecified atom stereocenters.